The number of nitriles is 1. The normalized spacial score (nSPS) is 11.0. The molecule has 0 aliphatic heterocycles. The van der Waals surface area contributed by atoms with Crippen molar-refractivity contribution in [3.05, 3.63) is 53.6 Å². The molecule has 3 rings (SSSR count). The van der Waals surface area contributed by atoms with E-state index in [1.54, 1.807) is 0 Å². The summed E-state index contributed by atoms with van der Waals surface area (Å²) < 4.78 is 2.22. The average Bonchev–Trinajstić information content (AvgIpc) is 2.86. The topological polar surface area (TPSA) is 41.6 Å². The van der Waals surface area contributed by atoms with Gasteiger partial charge >= 0.3 is 0 Å². The Balaban J connectivity index is 2.28. The van der Waals surface area contributed by atoms with Gasteiger partial charge in [-0.3, -0.25) is 0 Å². The van der Waals surface area contributed by atoms with Gasteiger partial charge in [0.15, 0.2) is 0 Å². The average molecular weight is 275 g/mol. The molecule has 0 radical (unpaired) electrons. The Morgan fingerprint density at radius 1 is 1.10 bits per heavy atom. The third-order valence-electron chi connectivity index (χ3n) is 3.64. The van der Waals surface area contributed by atoms with E-state index >= 15 is 0 Å². The number of nitrogens with zero attached hydrogens (tertiary/aromatic N) is 3. The highest BCUT2D eigenvalue weighted by Crippen LogP contribution is 2.29. The molecule has 3 heteroatoms. The molecule has 1 heterocycles. The first-order chi connectivity index (χ1) is 10.1. The molecule has 0 unspecified atom stereocenters. The van der Waals surface area contributed by atoms with Crippen LogP contribution in [0.25, 0.3) is 22.4 Å². The molecule has 0 atom stereocenters. The van der Waals surface area contributed by atoms with Crippen LogP contribution < -0.4 is 0 Å². The smallest absolute Gasteiger partial charge is 0.141 e. The van der Waals surface area contributed by atoms with Crippen molar-refractivity contribution in [3.8, 4) is 17.5 Å². The number of rotatable bonds is 2. The minimum Gasteiger partial charge on any atom is -0.321 e. The van der Waals surface area contributed by atoms with Crippen LogP contribution in [0.15, 0.2) is 42.5 Å². The van der Waals surface area contributed by atoms with Gasteiger partial charge in [-0.1, -0.05) is 29.8 Å². The summed E-state index contributed by atoms with van der Waals surface area (Å²) in [5, 5.41) is 9.05. The molecule has 0 bridgehead atoms. The van der Waals surface area contributed by atoms with Crippen molar-refractivity contribution in [2.45, 2.75) is 26.8 Å². The van der Waals surface area contributed by atoms with Crippen molar-refractivity contribution < 1.29 is 0 Å². The number of imidazole rings is 1. The van der Waals surface area contributed by atoms with Crippen LogP contribution in [0, 0.1) is 18.3 Å². The summed E-state index contributed by atoms with van der Waals surface area (Å²) in [6.07, 6.45) is 0. The second kappa shape index (κ2) is 5.06. The zero-order valence-electron chi connectivity index (χ0n) is 12.5. The number of benzene rings is 2. The van der Waals surface area contributed by atoms with Gasteiger partial charge in [0, 0.05) is 11.6 Å². The lowest BCUT2D eigenvalue weighted by atomic mass is 10.1. The maximum atomic E-state index is 9.05. The SMILES string of the molecule is Cc1ccc(-c2nc3cc(C#N)ccc3n2C(C)C)cc1. The molecule has 1 aromatic heterocycles. The third-order valence-corrected chi connectivity index (χ3v) is 3.64. The number of hydrogen-bond donors (Lipinski definition) is 0. The van der Waals surface area contributed by atoms with E-state index in [-0.39, 0.29) is 0 Å². The van der Waals surface area contributed by atoms with Crippen LogP contribution in [0.3, 0.4) is 0 Å². The lowest BCUT2D eigenvalue weighted by molar-refractivity contribution is 0.624. The monoisotopic (exact) mass is 275 g/mol. The maximum Gasteiger partial charge on any atom is 0.141 e. The van der Waals surface area contributed by atoms with E-state index in [9.17, 15) is 0 Å². The zero-order chi connectivity index (χ0) is 15.0. The molecule has 3 nitrogen and oxygen atoms in total. The van der Waals surface area contributed by atoms with Crippen molar-refractivity contribution in [1.29, 1.82) is 5.26 Å². The van der Waals surface area contributed by atoms with E-state index < -0.39 is 0 Å². The van der Waals surface area contributed by atoms with Crippen LogP contribution in [0.1, 0.15) is 31.0 Å². The molecule has 2 aromatic carbocycles. The summed E-state index contributed by atoms with van der Waals surface area (Å²) >= 11 is 0. The van der Waals surface area contributed by atoms with Crippen molar-refractivity contribution in [2.75, 3.05) is 0 Å². The van der Waals surface area contributed by atoms with Crippen LogP contribution in [0.4, 0.5) is 0 Å². The number of aryl methyl sites for hydroxylation is 1. The molecule has 104 valence electrons. The van der Waals surface area contributed by atoms with Crippen LogP contribution in [0.2, 0.25) is 0 Å². The van der Waals surface area contributed by atoms with E-state index in [1.165, 1.54) is 5.56 Å². The lowest BCUT2D eigenvalue weighted by Crippen LogP contribution is -2.03. The van der Waals surface area contributed by atoms with Gasteiger partial charge in [0.05, 0.1) is 22.7 Å². The van der Waals surface area contributed by atoms with Crippen molar-refractivity contribution >= 4 is 11.0 Å². The van der Waals surface area contributed by atoms with Crippen LogP contribution in [-0.2, 0) is 0 Å². The van der Waals surface area contributed by atoms with Gasteiger partial charge in [0.2, 0.25) is 0 Å². The van der Waals surface area contributed by atoms with Gasteiger partial charge in [-0.2, -0.15) is 5.26 Å². The Kier molecular flexibility index (Phi) is 3.23. The van der Waals surface area contributed by atoms with E-state index in [1.807, 2.05) is 18.2 Å². The molecule has 0 fully saturated rings. The predicted octanol–water partition coefficient (Wildman–Crippen LogP) is 4.46. The van der Waals surface area contributed by atoms with Gasteiger partial charge in [0.25, 0.3) is 0 Å². The Labute approximate surface area is 124 Å². The standard InChI is InChI=1S/C18H17N3/c1-12(2)21-17-9-6-14(11-19)10-16(17)20-18(21)15-7-4-13(3)5-8-15/h4-10,12H,1-3H3. The highest BCUT2D eigenvalue weighted by Gasteiger charge is 2.15. The summed E-state index contributed by atoms with van der Waals surface area (Å²) in [5.74, 6) is 0.954. The largest absolute Gasteiger partial charge is 0.321 e. The number of aromatic nitrogens is 2. The second-order valence-corrected chi connectivity index (χ2v) is 5.58. The first-order valence-electron chi connectivity index (χ1n) is 7.09. The Morgan fingerprint density at radius 2 is 1.81 bits per heavy atom. The highest BCUT2D eigenvalue weighted by atomic mass is 15.1. The molecule has 21 heavy (non-hydrogen) atoms. The highest BCUT2D eigenvalue weighted by molar-refractivity contribution is 5.82. The van der Waals surface area contributed by atoms with Gasteiger partial charge in [0.1, 0.15) is 5.82 Å². The molecule has 0 N–H and O–H groups in total. The van der Waals surface area contributed by atoms with E-state index in [4.69, 9.17) is 10.2 Å². The summed E-state index contributed by atoms with van der Waals surface area (Å²) in [5.41, 5.74) is 4.92. The number of hydrogen-bond acceptors (Lipinski definition) is 2. The fourth-order valence-electron chi connectivity index (χ4n) is 2.60. The first kappa shape index (κ1) is 13.4. The molecule has 0 aliphatic rings. The van der Waals surface area contributed by atoms with Crippen molar-refractivity contribution in [3.63, 3.8) is 0 Å². The second-order valence-electron chi connectivity index (χ2n) is 5.58. The molecule has 0 spiro atoms. The molecular formula is C18H17N3. The summed E-state index contributed by atoms with van der Waals surface area (Å²) in [6, 6.07) is 16.6. The number of fused-ring (bicyclic) bond motifs is 1. The first-order valence-corrected chi connectivity index (χ1v) is 7.09. The van der Waals surface area contributed by atoms with Crippen molar-refractivity contribution in [2.24, 2.45) is 0 Å². The van der Waals surface area contributed by atoms with Gasteiger partial charge in [-0.25, -0.2) is 4.98 Å². The fraction of sp³-hybridized carbons (Fsp3) is 0.222. The minimum atomic E-state index is 0.305. The Hall–Kier alpha value is -2.60. The minimum absolute atomic E-state index is 0.305. The molecule has 0 amide bonds. The van der Waals surface area contributed by atoms with E-state index in [2.05, 4.69) is 55.7 Å². The maximum absolute atomic E-state index is 9.05. The zero-order valence-corrected chi connectivity index (χ0v) is 12.5. The summed E-state index contributed by atoms with van der Waals surface area (Å²) in [6.45, 7) is 6.38. The third kappa shape index (κ3) is 2.30. The van der Waals surface area contributed by atoms with Crippen LogP contribution in [-0.4, -0.2) is 9.55 Å². The van der Waals surface area contributed by atoms with Gasteiger partial charge < -0.3 is 4.57 Å². The van der Waals surface area contributed by atoms with Crippen LogP contribution >= 0.6 is 0 Å². The summed E-state index contributed by atoms with van der Waals surface area (Å²) in [7, 11) is 0. The Morgan fingerprint density at radius 3 is 2.43 bits per heavy atom. The Bertz CT molecular complexity index is 833. The quantitative estimate of drug-likeness (QED) is 0.692. The van der Waals surface area contributed by atoms with E-state index in [0.29, 0.717) is 11.6 Å². The van der Waals surface area contributed by atoms with Crippen molar-refractivity contribution in [1.82, 2.24) is 9.55 Å². The molecule has 0 saturated heterocycles. The molecule has 0 aliphatic carbocycles. The lowest BCUT2D eigenvalue weighted by Gasteiger charge is -2.13. The molecule has 3 aromatic rings. The molecular weight excluding hydrogens is 258 g/mol. The van der Waals surface area contributed by atoms with Gasteiger partial charge in [-0.05, 0) is 39.0 Å². The predicted molar refractivity (Wildman–Crippen MR) is 85.0 cm³/mol. The fourth-order valence-corrected chi connectivity index (χ4v) is 2.60. The van der Waals surface area contributed by atoms with Crippen LogP contribution in [0.5, 0.6) is 0 Å². The summed E-state index contributed by atoms with van der Waals surface area (Å²) in [4.78, 5) is 4.75. The molecule has 0 saturated carbocycles. The van der Waals surface area contributed by atoms with Gasteiger partial charge in [-0.15, -0.1) is 0 Å². The van der Waals surface area contributed by atoms with E-state index in [0.717, 1.165) is 22.4 Å².